The molecule has 0 N–H and O–H groups in total. The summed E-state index contributed by atoms with van der Waals surface area (Å²) in [6.07, 6.45) is 1.20. The molecule has 18 heavy (non-hydrogen) atoms. The van der Waals surface area contributed by atoms with Crippen molar-refractivity contribution in [3.05, 3.63) is 47.3 Å². The van der Waals surface area contributed by atoms with Crippen molar-refractivity contribution in [2.75, 3.05) is 0 Å². The summed E-state index contributed by atoms with van der Waals surface area (Å²) < 4.78 is 2.16. The Kier molecular flexibility index (Phi) is 1.76. The van der Waals surface area contributed by atoms with E-state index >= 15 is 0 Å². The van der Waals surface area contributed by atoms with Crippen LogP contribution >= 0.6 is 0 Å². The van der Waals surface area contributed by atoms with E-state index in [-0.39, 0.29) is 0 Å². The maximum absolute atomic E-state index is 4.76. The van der Waals surface area contributed by atoms with Crippen LogP contribution in [0.3, 0.4) is 0 Å². The molecule has 2 aliphatic rings. The molecule has 1 fully saturated rings. The number of nitrogens with zero attached hydrogens (tertiary/aromatic N) is 2. The van der Waals surface area contributed by atoms with Crippen molar-refractivity contribution in [2.45, 2.75) is 33.1 Å². The molecule has 0 saturated heterocycles. The molecule has 1 heterocycles. The molecule has 0 amide bonds. The summed E-state index contributed by atoms with van der Waals surface area (Å²) >= 11 is 0. The van der Waals surface area contributed by atoms with E-state index in [1.807, 2.05) is 0 Å². The molecule has 2 atom stereocenters. The second-order valence-electron chi connectivity index (χ2n) is 6.30. The Balaban J connectivity index is 1.87. The molecule has 0 aliphatic heterocycles. The Morgan fingerprint density at radius 1 is 1.22 bits per heavy atom. The van der Waals surface area contributed by atoms with E-state index in [0.29, 0.717) is 5.41 Å². The van der Waals surface area contributed by atoms with Gasteiger partial charge >= 0.3 is 0 Å². The largest absolute Gasteiger partial charge is 0.237 e. The van der Waals surface area contributed by atoms with Crippen molar-refractivity contribution in [1.29, 1.82) is 0 Å². The number of para-hydroxylation sites is 1. The Labute approximate surface area is 108 Å². The van der Waals surface area contributed by atoms with Gasteiger partial charge in [-0.1, -0.05) is 32.0 Å². The minimum Gasteiger partial charge on any atom is -0.237 e. The zero-order chi connectivity index (χ0) is 12.5. The Morgan fingerprint density at radius 3 is 2.67 bits per heavy atom. The summed E-state index contributed by atoms with van der Waals surface area (Å²) in [6, 6.07) is 10.5. The van der Waals surface area contributed by atoms with Gasteiger partial charge in [0.05, 0.1) is 11.4 Å². The maximum Gasteiger partial charge on any atom is 0.0649 e. The number of hydrogen-bond acceptors (Lipinski definition) is 1. The smallest absolute Gasteiger partial charge is 0.0649 e. The van der Waals surface area contributed by atoms with E-state index < -0.39 is 0 Å². The maximum atomic E-state index is 4.76. The molecule has 2 aliphatic carbocycles. The molecule has 0 bridgehead atoms. The van der Waals surface area contributed by atoms with Gasteiger partial charge in [-0.3, -0.25) is 0 Å². The van der Waals surface area contributed by atoms with Crippen LogP contribution in [0.4, 0.5) is 0 Å². The van der Waals surface area contributed by atoms with Gasteiger partial charge in [0.2, 0.25) is 0 Å². The summed E-state index contributed by atoms with van der Waals surface area (Å²) in [7, 11) is 0. The summed E-state index contributed by atoms with van der Waals surface area (Å²) in [6.45, 7) is 6.95. The Bertz CT molecular complexity index is 622. The number of aryl methyl sites for hydroxylation is 1. The number of benzene rings is 1. The van der Waals surface area contributed by atoms with E-state index in [1.165, 1.54) is 29.1 Å². The molecule has 4 rings (SSSR count). The zero-order valence-corrected chi connectivity index (χ0v) is 11.1. The SMILES string of the molecule is Cc1nn(-c2ccccc2)c2c1[C@@H]1[C@H](C2)C1(C)C. The van der Waals surface area contributed by atoms with Crippen LogP contribution in [-0.2, 0) is 6.42 Å². The average Bonchev–Trinajstić information content (AvgIpc) is 2.74. The highest BCUT2D eigenvalue weighted by atomic mass is 15.3. The summed E-state index contributed by atoms with van der Waals surface area (Å²) in [4.78, 5) is 0. The van der Waals surface area contributed by atoms with E-state index in [0.717, 1.165) is 11.8 Å². The summed E-state index contributed by atoms with van der Waals surface area (Å²) in [5, 5.41) is 4.76. The number of fused-ring (bicyclic) bond motifs is 3. The first-order valence-corrected chi connectivity index (χ1v) is 6.74. The van der Waals surface area contributed by atoms with E-state index in [1.54, 1.807) is 0 Å². The molecular formula is C16H18N2. The second-order valence-corrected chi connectivity index (χ2v) is 6.30. The van der Waals surface area contributed by atoms with Crippen LogP contribution in [0.15, 0.2) is 30.3 Å². The highest BCUT2D eigenvalue weighted by molar-refractivity contribution is 5.48. The minimum atomic E-state index is 0.502. The van der Waals surface area contributed by atoms with Gasteiger partial charge in [-0.05, 0) is 42.7 Å². The first-order chi connectivity index (χ1) is 8.60. The third-order valence-corrected chi connectivity index (χ3v) is 4.98. The van der Waals surface area contributed by atoms with Crippen molar-refractivity contribution in [3.63, 3.8) is 0 Å². The van der Waals surface area contributed by atoms with Crippen molar-refractivity contribution in [2.24, 2.45) is 11.3 Å². The Hall–Kier alpha value is -1.57. The van der Waals surface area contributed by atoms with Crippen molar-refractivity contribution >= 4 is 0 Å². The van der Waals surface area contributed by atoms with Crippen molar-refractivity contribution in [1.82, 2.24) is 9.78 Å². The van der Waals surface area contributed by atoms with Crippen LogP contribution < -0.4 is 0 Å². The first-order valence-electron chi connectivity index (χ1n) is 6.74. The lowest BCUT2D eigenvalue weighted by Crippen LogP contribution is -2.05. The van der Waals surface area contributed by atoms with Crippen LogP contribution in [0.5, 0.6) is 0 Å². The van der Waals surface area contributed by atoms with Crippen LogP contribution in [0.25, 0.3) is 5.69 Å². The fourth-order valence-corrected chi connectivity index (χ4v) is 3.88. The predicted molar refractivity (Wildman–Crippen MR) is 72.0 cm³/mol. The van der Waals surface area contributed by atoms with E-state index in [4.69, 9.17) is 5.10 Å². The normalized spacial score (nSPS) is 26.8. The van der Waals surface area contributed by atoms with Crippen LogP contribution in [0.2, 0.25) is 0 Å². The lowest BCUT2D eigenvalue weighted by Gasteiger charge is -2.10. The third kappa shape index (κ3) is 1.11. The fraction of sp³-hybridized carbons (Fsp3) is 0.438. The minimum absolute atomic E-state index is 0.502. The number of rotatable bonds is 1. The molecule has 0 radical (unpaired) electrons. The quantitative estimate of drug-likeness (QED) is 0.743. The average molecular weight is 238 g/mol. The van der Waals surface area contributed by atoms with Crippen LogP contribution in [-0.4, -0.2) is 9.78 Å². The monoisotopic (exact) mass is 238 g/mol. The first kappa shape index (κ1) is 10.4. The molecule has 0 spiro atoms. The summed E-state index contributed by atoms with van der Waals surface area (Å²) in [5.74, 6) is 1.60. The standard InChI is InChI=1S/C16H18N2/c1-10-14-13(9-12-15(14)16(12,2)3)18(17-10)11-7-5-4-6-8-11/h4-8,12,15H,9H2,1-3H3/t12-,15-/m0/s1. The van der Waals surface area contributed by atoms with Crippen LogP contribution in [0.1, 0.15) is 36.7 Å². The van der Waals surface area contributed by atoms with Gasteiger partial charge in [0.1, 0.15) is 0 Å². The third-order valence-electron chi connectivity index (χ3n) is 4.98. The van der Waals surface area contributed by atoms with Crippen molar-refractivity contribution < 1.29 is 0 Å². The van der Waals surface area contributed by atoms with Gasteiger partial charge in [0.25, 0.3) is 0 Å². The highest BCUT2D eigenvalue weighted by Crippen LogP contribution is 2.70. The highest BCUT2D eigenvalue weighted by Gasteiger charge is 2.63. The molecule has 92 valence electrons. The lowest BCUT2D eigenvalue weighted by atomic mass is 9.98. The van der Waals surface area contributed by atoms with Gasteiger partial charge in [0, 0.05) is 11.3 Å². The fourth-order valence-electron chi connectivity index (χ4n) is 3.88. The molecule has 2 aromatic rings. The summed E-state index contributed by atoms with van der Waals surface area (Å²) in [5.41, 5.74) is 5.91. The molecule has 0 unspecified atom stereocenters. The second kappa shape index (κ2) is 3.05. The van der Waals surface area contributed by atoms with Crippen LogP contribution in [0, 0.1) is 18.3 Å². The number of aromatic nitrogens is 2. The van der Waals surface area contributed by atoms with Crippen molar-refractivity contribution in [3.8, 4) is 5.69 Å². The topological polar surface area (TPSA) is 17.8 Å². The zero-order valence-electron chi connectivity index (χ0n) is 11.1. The molecular weight excluding hydrogens is 220 g/mol. The predicted octanol–water partition coefficient (Wildman–Crippen LogP) is 3.48. The van der Waals surface area contributed by atoms with Gasteiger partial charge in [0.15, 0.2) is 0 Å². The molecule has 1 aromatic carbocycles. The van der Waals surface area contributed by atoms with E-state index in [9.17, 15) is 0 Å². The van der Waals surface area contributed by atoms with Gasteiger partial charge in [-0.2, -0.15) is 5.10 Å². The van der Waals surface area contributed by atoms with Gasteiger partial charge in [-0.25, -0.2) is 4.68 Å². The van der Waals surface area contributed by atoms with E-state index in [2.05, 4.69) is 55.8 Å². The Morgan fingerprint density at radius 2 is 1.94 bits per heavy atom. The molecule has 1 aromatic heterocycles. The van der Waals surface area contributed by atoms with Gasteiger partial charge in [-0.15, -0.1) is 0 Å². The van der Waals surface area contributed by atoms with Gasteiger partial charge < -0.3 is 0 Å². The molecule has 2 nitrogen and oxygen atoms in total. The molecule has 2 heteroatoms. The lowest BCUT2D eigenvalue weighted by molar-refractivity contribution is 0.532. The number of hydrogen-bond donors (Lipinski definition) is 0. The molecule has 1 saturated carbocycles.